The highest BCUT2D eigenvalue weighted by atomic mass is 16.4. The van der Waals surface area contributed by atoms with Gasteiger partial charge in [0.25, 0.3) is 0 Å². The standard InChI is InChI=1S/C12H11NO3/c14-12(15)7-6-11-13-10(8-16-11)9-4-2-1-3-5-9/h1-5,8H,6-7H2,(H,14,15). The molecule has 1 aromatic heterocycles. The van der Waals surface area contributed by atoms with E-state index in [1.165, 1.54) is 0 Å². The molecule has 0 spiro atoms. The van der Waals surface area contributed by atoms with Crippen molar-refractivity contribution in [1.29, 1.82) is 0 Å². The summed E-state index contributed by atoms with van der Waals surface area (Å²) in [6.07, 6.45) is 1.91. The fourth-order valence-corrected chi connectivity index (χ4v) is 1.38. The summed E-state index contributed by atoms with van der Waals surface area (Å²) in [6.45, 7) is 0. The molecular formula is C12H11NO3. The maximum atomic E-state index is 10.4. The van der Waals surface area contributed by atoms with Gasteiger partial charge in [0.1, 0.15) is 12.0 Å². The van der Waals surface area contributed by atoms with Crippen LogP contribution in [0.25, 0.3) is 11.3 Å². The van der Waals surface area contributed by atoms with Crippen molar-refractivity contribution in [3.63, 3.8) is 0 Å². The van der Waals surface area contributed by atoms with E-state index in [4.69, 9.17) is 9.52 Å². The average molecular weight is 217 g/mol. The Balaban J connectivity index is 2.11. The number of hydrogen-bond acceptors (Lipinski definition) is 3. The second-order valence-electron chi connectivity index (χ2n) is 3.39. The third kappa shape index (κ3) is 2.48. The minimum absolute atomic E-state index is 0.0365. The highest BCUT2D eigenvalue weighted by molar-refractivity contribution is 5.67. The molecule has 0 atom stereocenters. The Labute approximate surface area is 92.6 Å². The normalized spacial score (nSPS) is 10.2. The zero-order valence-corrected chi connectivity index (χ0v) is 8.59. The van der Waals surface area contributed by atoms with Crippen LogP contribution in [0.4, 0.5) is 0 Å². The van der Waals surface area contributed by atoms with Gasteiger partial charge in [0.05, 0.1) is 6.42 Å². The topological polar surface area (TPSA) is 63.3 Å². The van der Waals surface area contributed by atoms with Gasteiger partial charge in [0.2, 0.25) is 0 Å². The van der Waals surface area contributed by atoms with E-state index in [2.05, 4.69) is 4.98 Å². The molecule has 0 radical (unpaired) electrons. The summed E-state index contributed by atoms with van der Waals surface area (Å²) in [5.74, 6) is -0.388. The summed E-state index contributed by atoms with van der Waals surface area (Å²) in [5.41, 5.74) is 1.70. The number of carboxylic acid groups (broad SMARTS) is 1. The van der Waals surface area contributed by atoms with E-state index < -0.39 is 5.97 Å². The Morgan fingerprint density at radius 1 is 1.31 bits per heavy atom. The van der Waals surface area contributed by atoms with Crippen LogP contribution in [0.1, 0.15) is 12.3 Å². The van der Waals surface area contributed by atoms with Gasteiger partial charge >= 0.3 is 5.97 Å². The lowest BCUT2D eigenvalue weighted by Gasteiger charge is -1.92. The number of carbonyl (C=O) groups is 1. The van der Waals surface area contributed by atoms with Gasteiger partial charge in [-0.3, -0.25) is 4.79 Å². The van der Waals surface area contributed by atoms with Crippen LogP contribution >= 0.6 is 0 Å². The van der Waals surface area contributed by atoms with Crippen LogP contribution in [-0.4, -0.2) is 16.1 Å². The Kier molecular flexibility index (Phi) is 3.00. The predicted molar refractivity (Wildman–Crippen MR) is 57.9 cm³/mol. The fraction of sp³-hybridized carbons (Fsp3) is 0.167. The van der Waals surface area contributed by atoms with E-state index in [-0.39, 0.29) is 6.42 Å². The molecule has 2 aromatic rings. The highest BCUT2D eigenvalue weighted by Gasteiger charge is 2.07. The molecular weight excluding hydrogens is 206 g/mol. The van der Waals surface area contributed by atoms with Crippen molar-refractivity contribution in [2.45, 2.75) is 12.8 Å². The number of carboxylic acids is 1. The molecule has 4 heteroatoms. The van der Waals surface area contributed by atoms with E-state index in [0.717, 1.165) is 11.3 Å². The largest absolute Gasteiger partial charge is 0.481 e. The number of benzene rings is 1. The Bertz CT molecular complexity index is 476. The molecule has 1 N–H and O–H groups in total. The third-order valence-electron chi connectivity index (χ3n) is 2.17. The van der Waals surface area contributed by atoms with E-state index in [1.807, 2.05) is 30.3 Å². The van der Waals surface area contributed by atoms with Crippen molar-refractivity contribution >= 4 is 5.97 Å². The molecule has 82 valence electrons. The predicted octanol–water partition coefficient (Wildman–Crippen LogP) is 2.36. The zero-order valence-electron chi connectivity index (χ0n) is 8.59. The van der Waals surface area contributed by atoms with Gasteiger partial charge in [0, 0.05) is 12.0 Å². The lowest BCUT2D eigenvalue weighted by atomic mass is 10.2. The number of aryl methyl sites for hydroxylation is 1. The van der Waals surface area contributed by atoms with Crippen molar-refractivity contribution in [3.8, 4) is 11.3 Å². The number of rotatable bonds is 4. The second-order valence-corrected chi connectivity index (χ2v) is 3.39. The van der Waals surface area contributed by atoms with Crippen molar-refractivity contribution < 1.29 is 14.3 Å². The molecule has 0 fully saturated rings. The highest BCUT2D eigenvalue weighted by Crippen LogP contribution is 2.18. The Morgan fingerprint density at radius 2 is 2.06 bits per heavy atom. The molecule has 0 amide bonds. The molecule has 0 bridgehead atoms. The van der Waals surface area contributed by atoms with Gasteiger partial charge < -0.3 is 9.52 Å². The summed E-state index contributed by atoms with van der Waals surface area (Å²) in [6, 6.07) is 9.62. The maximum absolute atomic E-state index is 10.4. The van der Waals surface area contributed by atoms with Crippen molar-refractivity contribution in [2.75, 3.05) is 0 Å². The minimum atomic E-state index is -0.848. The summed E-state index contributed by atoms with van der Waals surface area (Å²) in [4.78, 5) is 14.6. The smallest absolute Gasteiger partial charge is 0.303 e. The summed E-state index contributed by atoms with van der Waals surface area (Å²) >= 11 is 0. The Hall–Kier alpha value is -2.10. The molecule has 16 heavy (non-hydrogen) atoms. The van der Waals surface area contributed by atoms with Crippen LogP contribution in [-0.2, 0) is 11.2 Å². The van der Waals surface area contributed by atoms with Gasteiger partial charge in [-0.2, -0.15) is 0 Å². The van der Waals surface area contributed by atoms with Gasteiger partial charge in [-0.05, 0) is 0 Å². The quantitative estimate of drug-likeness (QED) is 0.853. The van der Waals surface area contributed by atoms with Crippen LogP contribution in [0.15, 0.2) is 41.0 Å². The van der Waals surface area contributed by atoms with Crippen LogP contribution < -0.4 is 0 Å². The van der Waals surface area contributed by atoms with Crippen LogP contribution in [0.3, 0.4) is 0 Å². The molecule has 2 rings (SSSR count). The number of hydrogen-bond donors (Lipinski definition) is 1. The third-order valence-corrected chi connectivity index (χ3v) is 2.17. The van der Waals surface area contributed by atoms with Gasteiger partial charge in [-0.15, -0.1) is 0 Å². The molecule has 0 saturated carbocycles. The lowest BCUT2D eigenvalue weighted by Crippen LogP contribution is -1.97. The van der Waals surface area contributed by atoms with Crippen LogP contribution in [0.2, 0.25) is 0 Å². The summed E-state index contributed by atoms with van der Waals surface area (Å²) in [5, 5.41) is 8.53. The molecule has 1 aromatic carbocycles. The Morgan fingerprint density at radius 3 is 2.75 bits per heavy atom. The minimum Gasteiger partial charge on any atom is -0.481 e. The zero-order chi connectivity index (χ0) is 11.4. The van der Waals surface area contributed by atoms with E-state index in [1.54, 1.807) is 6.26 Å². The first-order valence-electron chi connectivity index (χ1n) is 4.97. The van der Waals surface area contributed by atoms with E-state index in [0.29, 0.717) is 12.3 Å². The first kappa shape index (κ1) is 10.4. The number of nitrogens with zero attached hydrogens (tertiary/aromatic N) is 1. The number of aromatic nitrogens is 1. The van der Waals surface area contributed by atoms with Crippen molar-refractivity contribution in [3.05, 3.63) is 42.5 Å². The number of aliphatic carboxylic acids is 1. The lowest BCUT2D eigenvalue weighted by molar-refractivity contribution is -0.137. The molecule has 1 heterocycles. The summed E-state index contributed by atoms with van der Waals surface area (Å²) < 4.78 is 5.20. The fourth-order valence-electron chi connectivity index (χ4n) is 1.38. The molecule has 0 aliphatic rings. The SMILES string of the molecule is O=C(O)CCc1nc(-c2ccccc2)co1. The average Bonchev–Trinajstić information content (AvgIpc) is 2.76. The van der Waals surface area contributed by atoms with Gasteiger partial charge in [-0.25, -0.2) is 4.98 Å². The maximum Gasteiger partial charge on any atom is 0.303 e. The van der Waals surface area contributed by atoms with Crippen LogP contribution in [0, 0.1) is 0 Å². The molecule has 0 aliphatic heterocycles. The van der Waals surface area contributed by atoms with Gasteiger partial charge in [-0.1, -0.05) is 30.3 Å². The molecule has 0 saturated heterocycles. The molecule has 0 aliphatic carbocycles. The monoisotopic (exact) mass is 217 g/mol. The molecule has 4 nitrogen and oxygen atoms in total. The van der Waals surface area contributed by atoms with Crippen molar-refractivity contribution in [2.24, 2.45) is 0 Å². The molecule has 0 unspecified atom stereocenters. The second kappa shape index (κ2) is 4.61. The summed E-state index contributed by atoms with van der Waals surface area (Å²) in [7, 11) is 0. The van der Waals surface area contributed by atoms with E-state index in [9.17, 15) is 4.79 Å². The van der Waals surface area contributed by atoms with Gasteiger partial charge in [0.15, 0.2) is 5.89 Å². The van der Waals surface area contributed by atoms with Crippen LogP contribution in [0.5, 0.6) is 0 Å². The van der Waals surface area contributed by atoms with Crippen molar-refractivity contribution in [1.82, 2.24) is 4.98 Å². The number of oxazole rings is 1. The van der Waals surface area contributed by atoms with E-state index >= 15 is 0 Å². The first-order valence-corrected chi connectivity index (χ1v) is 4.97. The first-order chi connectivity index (χ1) is 7.75.